The van der Waals surface area contributed by atoms with Crippen LogP contribution >= 0.6 is 22.9 Å². The maximum Gasteiger partial charge on any atom is 0.263 e. The second-order valence-electron chi connectivity index (χ2n) is 8.26. The first-order chi connectivity index (χ1) is 16.6. The molecule has 2 aliphatic rings. The summed E-state index contributed by atoms with van der Waals surface area (Å²) in [6.45, 7) is -0.0691. The van der Waals surface area contributed by atoms with Gasteiger partial charge in [0.05, 0.1) is 6.26 Å². The molecule has 1 aromatic heterocycles. The van der Waals surface area contributed by atoms with Crippen LogP contribution in [0.3, 0.4) is 0 Å². The number of halogens is 1. The first kappa shape index (κ1) is 26.5. The van der Waals surface area contributed by atoms with Crippen LogP contribution in [0.5, 0.6) is 0 Å². The van der Waals surface area contributed by atoms with Gasteiger partial charge in [-0.25, -0.2) is 27.2 Å². The van der Waals surface area contributed by atoms with Crippen LogP contribution in [-0.4, -0.2) is 76.2 Å². The van der Waals surface area contributed by atoms with E-state index >= 15 is 0 Å². The fraction of sp³-hybridized carbons (Fsp3) is 0.476. The maximum atomic E-state index is 13.6. The fourth-order valence-electron chi connectivity index (χ4n) is 3.88. The van der Waals surface area contributed by atoms with Crippen molar-refractivity contribution in [2.45, 2.75) is 35.8 Å². The molecule has 4 rings (SSSR count). The van der Waals surface area contributed by atoms with E-state index in [1.807, 2.05) is 0 Å². The summed E-state index contributed by atoms with van der Waals surface area (Å²) in [6, 6.07) is 8.86. The van der Waals surface area contributed by atoms with Crippen LogP contribution in [0.15, 0.2) is 40.6 Å². The van der Waals surface area contributed by atoms with Gasteiger partial charge < -0.3 is 4.74 Å². The van der Waals surface area contributed by atoms with Gasteiger partial charge in [0.2, 0.25) is 10.0 Å². The number of amides is 1. The molecule has 2 saturated heterocycles. The van der Waals surface area contributed by atoms with Crippen molar-refractivity contribution in [2.75, 3.05) is 32.5 Å². The Bertz CT molecular complexity index is 1260. The molecule has 1 unspecified atom stereocenters. The van der Waals surface area contributed by atoms with Crippen LogP contribution in [0.2, 0.25) is 5.02 Å². The second kappa shape index (κ2) is 10.8. The number of hydrogen-bond donors (Lipinski definition) is 1. The Hall–Kier alpha value is -1.58. The molecule has 2 aromatic rings. The molecule has 0 aliphatic carbocycles. The molecule has 1 N–H and O–H groups in total. The lowest BCUT2D eigenvalue weighted by Crippen LogP contribution is -2.61. The van der Waals surface area contributed by atoms with E-state index in [1.165, 1.54) is 6.07 Å². The zero-order chi connectivity index (χ0) is 25.2. The Morgan fingerprint density at radius 3 is 2.51 bits per heavy atom. The standard InChI is InChI=1S/C21H26ClN3O7S3/c1-34(27,28)24-11-12-25(17(14-24)21(26)23-32-19-4-2-3-13-31-19)35(29,30)20-10-9-18(33-20)15-5-7-16(22)8-6-15/h5-10,17,19H,2-4,11-14H2,1H3,(H,23,26)/t17-,19?/m1/s1. The average molecular weight is 564 g/mol. The predicted octanol–water partition coefficient (Wildman–Crippen LogP) is 2.28. The zero-order valence-electron chi connectivity index (χ0n) is 18.9. The number of piperazine rings is 1. The van der Waals surface area contributed by atoms with Gasteiger partial charge in [-0.2, -0.15) is 8.61 Å². The highest BCUT2D eigenvalue weighted by atomic mass is 35.5. The van der Waals surface area contributed by atoms with Crippen molar-refractivity contribution in [1.82, 2.24) is 14.1 Å². The zero-order valence-corrected chi connectivity index (χ0v) is 22.1. The van der Waals surface area contributed by atoms with Crippen LogP contribution in [0, 0.1) is 0 Å². The smallest absolute Gasteiger partial charge is 0.263 e. The average Bonchev–Trinajstić information content (AvgIpc) is 3.34. The lowest BCUT2D eigenvalue weighted by atomic mass is 10.2. The molecule has 2 atom stereocenters. The number of carbonyl (C=O) groups excluding carboxylic acids is 1. The molecule has 1 aromatic carbocycles. The lowest BCUT2D eigenvalue weighted by molar-refractivity contribution is -0.202. The molecule has 0 radical (unpaired) electrons. The van der Waals surface area contributed by atoms with Gasteiger partial charge in [-0.3, -0.25) is 4.79 Å². The normalized spacial score (nSPS) is 22.7. The van der Waals surface area contributed by atoms with Gasteiger partial charge in [-0.1, -0.05) is 23.7 Å². The van der Waals surface area contributed by atoms with Gasteiger partial charge in [-0.15, -0.1) is 11.3 Å². The lowest BCUT2D eigenvalue weighted by Gasteiger charge is -2.38. The van der Waals surface area contributed by atoms with E-state index in [9.17, 15) is 21.6 Å². The Morgan fingerprint density at radius 2 is 1.86 bits per heavy atom. The van der Waals surface area contributed by atoms with Crippen LogP contribution in [0.4, 0.5) is 0 Å². The summed E-state index contributed by atoms with van der Waals surface area (Å²) >= 11 is 7.00. The van der Waals surface area contributed by atoms with E-state index in [4.69, 9.17) is 21.2 Å². The predicted molar refractivity (Wildman–Crippen MR) is 132 cm³/mol. The summed E-state index contributed by atoms with van der Waals surface area (Å²) in [5.41, 5.74) is 3.09. The molecule has 2 aliphatic heterocycles. The van der Waals surface area contributed by atoms with Gasteiger partial charge in [0.1, 0.15) is 10.3 Å². The van der Waals surface area contributed by atoms with Gasteiger partial charge in [0, 0.05) is 42.6 Å². The second-order valence-corrected chi connectivity index (χ2v) is 13.9. The van der Waals surface area contributed by atoms with Crippen molar-refractivity contribution >= 4 is 48.9 Å². The minimum atomic E-state index is -4.11. The third-order valence-electron chi connectivity index (χ3n) is 5.77. The Kier molecular flexibility index (Phi) is 8.18. The third kappa shape index (κ3) is 6.23. The highest BCUT2D eigenvalue weighted by Crippen LogP contribution is 2.34. The first-order valence-electron chi connectivity index (χ1n) is 11.0. The molecule has 3 heterocycles. The molecule has 0 bridgehead atoms. The van der Waals surface area contributed by atoms with Crippen molar-refractivity contribution in [3.05, 3.63) is 41.4 Å². The highest BCUT2D eigenvalue weighted by Gasteiger charge is 2.43. The quantitative estimate of drug-likeness (QED) is 0.513. The van der Waals surface area contributed by atoms with Crippen molar-refractivity contribution in [1.29, 1.82) is 0 Å². The number of hydroxylamine groups is 1. The first-order valence-corrected chi connectivity index (χ1v) is 15.4. The van der Waals surface area contributed by atoms with E-state index in [2.05, 4.69) is 5.48 Å². The van der Waals surface area contributed by atoms with Crippen molar-refractivity contribution in [3.63, 3.8) is 0 Å². The van der Waals surface area contributed by atoms with E-state index in [0.717, 1.165) is 44.6 Å². The number of sulfonamides is 2. The molecule has 14 heteroatoms. The Morgan fingerprint density at radius 1 is 1.11 bits per heavy atom. The number of ether oxygens (including phenoxy) is 1. The van der Waals surface area contributed by atoms with Crippen LogP contribution < -0.4 is 5.48 Å². The maximum absolute atomic E-state index is 13.6. The van der Waals surface area contributed by atoms with E-state index in [0.29, 0.717) is 22.9 Å². The number of nitrogens with one attached hydrogen (secondary N) is 1. The summed E-state index contributed by atoms with van der Waals surface area (Å²) in [5, 5.41) is 0.566. The molecule has 192 valence electrons. The summed E-state index contributed by atoms with van der Waals surface area (Å²) in [4.78, 5) is 19.1. The number of carbonyl (C=O) groups is 1. The van der Waals surface area contributed by atoms with Crippen molar-refractivity contribution in [2.24, 2.45) is 0 Å². The summed E-state index contributed by atoms with van der Waals surface area (Å²) in [5.74, 6) is -0.759. The summed E-state index contributed by atoms with van der Waals surface area (Å²) in [7, 11) is -7.75. The summed E-state index contributed by atoms with van der Waals surface area (Å²) in [6.07, 6.45) is 2.75. The van der Waals surface area contributed by atoms with Crippen molar-refractivity contribution < 1.29 is 31.2 Å². The largest absolute Gasteiger partial charge is 0.350 e. The Balaban J connectivity index is 1.57. The number of rotatable bonds is 7. The molecule has 35 heavy (non-hydrogen) atoms. The van der Waals surface area contributed by atoms with Gasteiger partial charge >= 0.3 is 0 Å². The van der Waals surface area contributed by atoms with E-state index < -0.39 is 38.3 Å². The monoisotopic (exact) mass is 563 g/mol. The van der Waals surface area contributed by atoms with Gasteiger partial charge in [-0.05, 0) is 42.7 Å². The van der Waals surface area contributed by atoms with Crippen molar-refractivity contribution in [3.8, 4) is 10.4 Å². The van der Waals surface area contributed by atoms with E-state index in [-0.39, 0.29) is 23.8 Å². The minimum absolute atomic E-state index is 0.0459. The fourth-order valence-corrected chi connectivity index (χ4v) is 7.85. The number of nitrogens with zero attached hydrogens (tertiary/aromatic N) is 2. The topological polar surface area (TPSA) is 122 Å². The van der Waals surface area contributed by atoms with Gasteiger partial charge in [0.15, 0.2) is 6.29 Å². The number of hydrogen-bond acceptors (Lipinski definition) is 8. The van der Waals surface area contributed by atoms with Gasteiger partial charge in [0.25, 0.3) is 15.9 Å². The molecule has 2 fully saturated rings. The molecule has 0 saturated carbocycles. The van der Waals surface area contributed by atoms with Crippen LogP contribution in [0.1, 0.15) is 19.3 Å². The SMILES string of the molecule is CS(=O)(=O)N1CCN(S(=O)(=O)c2ccc(-c3ccc(Cl)cc3)s2)[C@@H](C(=O)NOC2CCCCO2)C1. The third-order valence-corrected chi connectivity index (χ3v) is 10.8. The summed E-state index contributed by atoms with van der Waals surface area (Å²) < 4.78 is 59.0. The highest BCUT2D eigenvalue weighted by molar-refractivity contribution is 7.91. The van der Waals surface area contributed by atoms with Crippen LogP contribution in [0.25, 0.3) is 10.4 Å². The molecule has 1 amide bonds. The molecular formula is C21H26ClN3O7S3. The van der Waals surface area contributed by atoms with E-state index in [1.54, 1.807) is 30.3 Å². The molecule has 0 spiro atoms. The number of thiophene rings is 1. The molecular weight excluding hydrogens is 538 g/mol. The number of benzene rings is 1. The minimum Gasteiger partial charge on any atom is -0.350 e. The van der Waals surface area contributed by atoms with Crippen LogP contribution in [-0.2, 0) is 34.4 Å². The molecule has 10 nitrogen and oxygen atoms in total. The Labute approximate surface area is 213 Å².